The Labute approximate surface area is 137 Å². The highest BCUT2D eigenvalue weighted by Crippen LogP contribution is 2.39. The maximum atomic E-state index is 5.44. The minimum absolute atomic E-state index is 0. The van der Waals surface area contributed by atoms with Crippen LogP contribution in [-0.4, -0.2) is 19.2 Å². The van der Waals surface area contributed by atoms with Crippen molar-refractivity contribution in [2.75, 3.05) is 14.2 Å². The van der Waals surface area contributed by atoms with Crippen LogP contribution in [0.2, 0.25) is 0 Å². The molecule has 2 aromatic rings. The molecule has 1 aromatic carbocycles. The molecule has 22 heavy (non-hydrogen) atoms. The Hall–Kier alpha value is -2.00. The van der Waals surface area contributed by atoms with E-state index in [0.717, 1.165) is 24.3 Å². The van der Waals surface area contributed by atoms with Crippen LogP contribution < -0.4 is 9.47 Å². The zero-order valence-corrected chi connectivity index (χ0v) is 13.7. The summed E-state index contributed by atoms with van der Waals surface area (Å²) in [6.07, 6.45) is 9.23. The monoisotopic (exact) mass is 317 g/mol. The molecule has 0 unspecified atom stereocenters. The Morgan fingerprint density at radius 3 is 2.36 bits per heavy atom. The van der Waals surface area contributed by atoms with Gasteiger partial charge in [0.2, 0.25) is 0 Å². The van der Waals surface area contributed by atoms with Gasteiger partial charge in [-0.25, -0.2) is 0 Å². The molecule has 3 nitrogen and oxygen atoms in total. The van der Waals surface area contributed by atoms with Crippen LogP contribution in [-0.2, 0) is 6.42 Å². The molecule has 0 N–H and O–H groups in total. The Morgan fingerprint density at radius 2 is 1.68 bits per heavy atom. The van der Waals surface area contributed by atoms with Crippen molar-refractivity contribution < 1.29 is 9.47 Å². The van der Waals surface area contributed by atoms with E-state index in [0.29, 0.717) is 0 Å². The molecule has 4 heteroatoms. The van der Waals surface area contributed by atoms with Crippen molar-refractivity contribution in [3.05, 3.63) is 53.3 Å². The van der Waals surface area contributed by atoms with E-state index in [9.17, 15) is 0 Å². The third-order valence-corrected chi connectivity index (χ3v) is 3.89. The standard InChI is InChI=1S/C18H19NO2.ClH/c1-20-17-11-15-5-3-4-14(16(15)12-18(17)21-2)10-13-6-8-19-9-7-13;/h6-12H,3-5H2,1-2H3;1H. The van der Waals surface area contributed by atoms with Crippen LogP contribution in [0.1, 0.15) is 29.5 Å². The second kappa shape index (κ2) is 7.32. The number of aryl methyl sites for hydroxylation is 1. The van der Waals surface area contributed by atoms with Crippen molar-refractivity contribution in [2.24, 2.45) is 0 Å². The Balaban J connectivity index is 0.00000176. The molecule has 0 fully saturated rings. The molecule has 0 amide bonds. The average Bonchev–Trinajstić information content (AvgIpc) is 2.55. The fourth-order valence-corrected chi connectivity index (χ4v) is 2.84. The lowest BCUT2D eigenvalue weighted by Gasteiger charge is -2.21. The van der Waals surface area contributed by atoms with Crippen LogP contribution in [0, 0.1) is 0 Å². The molecule has 3 rings (SSSR count). The van der Waals surface area contributed by atoms with E-state index < -0.39 is 0 Å². The maximum Gasteiger partial charge on any atom is 0.161 e. The van der Waals surface area contributed by atoms with Gasteiger partial charge in [-0.3, -0.25) is 4.98 Å². The molecule has 0 radical (unpaired) electrons. The fourth-order valence-electron chi connectivity index (χ4n) is 2.84. The number of halogens is 1. The average molecular weight is 318 g/mol. The van der Waals surface area contributed by atoms with Crippen LogP contribution in [0.15, 0.2) is 36.7 Å². The van der Waals surface area contributed by atoms with Crippen molar-refractivity contribution in [1.82, 2.24) is 4.98 Å². The number of aromatic nitrogens is 1. The van der Waals surface area contributed by atoms with Crippen molar-refractivity contribution in [2.45, 2.75) is 19.3 Å². The Bertz CT molecular complexity index is 668. The second-order valence-electron chi connectivity index (χ2n) is 5.17. The van der Waals surface area contributed by atoms with Gasteiger partial charge in [0.15, 0.2) is 11.5 Å². The zero-order chi connectivity index (χ0) is 14.7. The van der Waals surface area contributed by atoms with Gasteiger partial charge in [-0.05, 0) is 65.8 Å². The van der Waals surface area contributed by atoms with Gasteiger partial charge in [0.25, 0.3) is 0 Å². The molecular weight excluding hydrogens is 298 g/mol. The maximum absolute atomic E-state index is 5.44. The number of allylic oxidation sites excluding steroid dienone is 1. The molecule has 1 aromatic heterocycles. The lowest BCUT2D eigenvalue weighted by Crippen LogP contribution is -2.04. The van der Waals surface area contributed by atoms with Gasteiger partial charge < -0.3 is 9.47 Å². The quantitative estimate of drug-likeness (QED) is 0.841. The molecule has 1 heterocycles. The van der Waals surface area contributed by atoms with Gasteiger partial charge in [-0.15, -0.1) is 12.4 Å². The summed E-state index contributed by atoms with van der Waals surface area (Å²) < 4.78 is 10.8. The predicted molar refractivity (Wildman–Crippen MR) is 91.8 cm³/mol. The Kier molecular flexibility index (Phi) is 5.45. The first kappa shape index (κ1) is 16.4. The highest BCUT2D eigenvalue weighted by molar-refractivity contribution is 5.85. The number of ether oxygens (including phenoxy) is 2. The van der Waals surface area contributed by atoms with E-state index in [4.69, 9.17) is 9.47 Å². The third kappa shape index (κ3) is 3.25. The van der Waals surface area contributed by atoms with Crippen LogP contribution in [0.5, 0.6) is 11.5 Å². The minimum atomic E-state index is 0. The van der Waals surface area contributed by atoms with Gasteiger partial charge in [0, 0.05) is 12.4 Å². The first-order valence-electron chi connectivity index (χ1n) is 7.17. The number of hydrogen-bond acceptors (Lipinski definition) is 3. The van der Waals surface area contributed by atoms with Crippen LogP contribution in [0.4, 0.5) is 0 Å². The molecule has 0 atom stereocenters. The molecule has 0 saturated heterocycles. The molecule has 1 aliphatic rings. The summed E-state index contributed by atoms with van der Waals surface area (Å²) >= 11 is 0. The molecule has 0 aliphatic heterocycles. The molecule has 116 valence electrons. The van der Waals surface area contributed by atoms with E-state index in [-0.39, 0.29) is 12.4 Å². The summed E-state index contributed by atoms with van der Waals surface area (Å²) in [6, 6.07) is 8.26. The van der Waals surface area contributed by atoms with Crippen LogP contribution in [0.25, 0.3) is 11.6 Å². The number of rotatable bonds is 3. The van der Waals surface area contributed by atoms with Gasteiger partial charge in [-0.2, -0.15) is 0 Å². The van der Waals surface area contributed by atoms with Crippen molar-refractivity contribution in [1.29, 1.82) is 0 Å². The van der Waals surface area contributed by atoms with E-state index in [1.807, 2.05) is 24.5 Å². The van der Waals surface area contributed by atoms with E-state index >= 15 is 0 Å². The lowest BCUT2D eigenvalue weighted by atomic mass is 9.86. The number of benzene rings is 1. The largest absolute Gasteiger partial charge is 0.493 e. The number of hydrogen-bond donors (Lipinski definition) is 0. The van der Waals surface area contributed by atoms with E-state index in [2.05, 4.69) is 23.2 Å². The highest BCUT2D eigenvalue weighted by Gasteiger charge is 2.18. The molecule has 0 bridgehead atoms. The first-order valence-corrected chi connectivity index (χ1v) is 7.17. The highest BCUT2D eigenvalue weighted by atomic mass is 35.5. The number of methoxy groups -OCH3 is 2. The van der Waals surface area contributed by atoms with Gasteiger partial charge in [-0.1, -0.05) is 6.08 Å². The summed E-state index contributed by atoms with van der Waals surface area (Å²) in [5, 5.41) is 0. The molecule has 1 aliphatic carbocycles. The summed E-state index contributed by atoms with van der Waals surface area (Å²) in [4.78, 5) is 4.07. The normalized spacial score (nSPS) is 14.9. The van der Waals surface area contributed by atoms with Crippen LogP contribution >= 0.6 is 12.4 Å². The number of nitrogens with zero attached hydrogens (tertiary/aromatic N) is 1. The summed E-state index contributed by atoms with van der Waals surface area (Å²) in [5.41, 5.74) is 5.14. The third-order valence-electron chi connectivity index (χ3n) is 3.89. The second-order valence-corrected chi connectivity index (χ2v) is 5.17. The van der Waals surface area contributed by atoms with E-state index in [1.54, 1.807) is 14.2 Å². The molecule has 0 spiro atoms. The van der Waals surface area contributed by atoms with Crippen molar-refractivity contribution in [3.63, 3.8) is 0 Å². The van der Waals surface area contributed by atoms with E-state index in [1.165, 1.54) is 28.7 Å². The number of fused-ring (bicyclic) bond motifs is 1. The van der Waals surface area contributed by atoms with Gasteiger partial charge in [0.05, 0.1) is 14.2 Å². The topological polar surface area (TPSA) is 31.4 Å². The van der Waals surface area contributed by atoms with Crippen molar-refractivity contribution >= 4 is 24.1 Å². The molecular formula is C18H20ClNO2. The summed E-state index contributed by atoms with van der Waals surface area (Å²) in [6.45, 7) is 0. The zero-order valence-electron chi connectivity index (χ0n) is 12.8. The van der Waals surface area contributed by atoms with Gasteiger partial charge in [0.1, 0.15) is 0 Å². The predicted octanol–water partition coefficient (Wildman–Crippen LogP) is 4.40. The van der Waals surface area contributed by atoms with Crippen molar-refractivity contribution in [3.8, 4) is 11.5 Å². The Morgan fingerprint density at radius 1 is 1.00 bits per heavy atom. The van der Waals surface area contributed by atoms with Crippen LogP contribution in [0.3, 0.4) is 0 Å². The number of pyridine rings is 1. The lowest BCUT2D eigenvalue weighted by molar-refractivity contribution is 0.354. The first-order chi connectivity index (χ1) is 10.3. The summed E-state index contributed by atoms with van der Waals surface area (Å²) in [7, 11) is 3.36. The molecule has 0 saturated carbocycles. The van der Waals surface area contributed by atoms with Gasteiger partial charge >= 0.3 is 0 Å². The minimum Gasteiger partial charge on any atom is -0.493 e. The summed E-state index contributed by atoms with van der Waals surface area (Å²) in [5.74, 6) is 1.60. The smallest absolute Gasteiger partial charge is 0.161 e. The SMILES string of the molecule is COc1cc2c(cc1OC)C(=Cc1ccncc1)CCC2.Cl. The fraction of sp³-hybridized carbons (Fsp3) is 0.278.